The molecule has 3 aromatic carbocycles. The van der Waals surface area contributed by atoms with Crippen LogP contribution in [0.2, 0.25) is 5.02 Å². The Kier molecular flexibility index (Phi) is 7.97. The maximum absolute atomic E-state index is 13.8. The highest BCUT2D eigenvalue weighted by molar-refractivity contribution is 6.30. The van der Waals surface area contributed by atoms with Crippen molar-refractivity contribution in [2.75, 3.05) is 7.11 Å². The quantitative estimate of drug-likeness (QED) is 0.262. The zero-order valence-electron chi connectivity index (χ0n) is 21.2. The Morgan fingerprint density at radius 1 is 1.05 bits per heavy atom. The maximum atomic E-state index is 13.8. The first kappa shape index (κ1) is 26.8. The summed E-state index contributed by atoms with van der Waals surface area (Å²) in [6, 6.07) is 16.7. The number of rotatable bonds is 9. The standard InChI is InChI=1S/C29H30ClF2N3O2/c1-18(36)23-11-6-20(14-26(23)37-4)29(2,3)27-16-34-28(35(27)22-9-7-21(31)8-10-22)17-33-15-19-5-12-24(30)25(32)13-19/h5-14,16,18,33,36H,15,17H2,1-4H3. The smallest absolute Gasteiger partial charge is 0.142 e. The SMILES string of the molecule is COc1cc(C(C)(C)c2cnc(CNCc3ccc(Cl)c(F)c3)n2-c2ccc(F)cc2)ccc1C(C)O. The van der Waals surface area contributed by atoms with Crippen LogP contribution in [0.15, 0.2) is 66.9 Å². The molecule has 1 aromatic heterocycles. The number of methoxy groups -OCH3 is 1. The van der Waals surface area contributed by atoms with Crippen LogP contribution in [0.3, 0.4) is 0 Å². The van der Waals surface area contributed by atoms with Crippen molar-refractivity contribution >= 4 is 11.6 Å². The molecule has 1 atom stereocenters. The van der Waals surface area contributed by atoms with Gasteiger partial charge in [0.2, 0.25) is 0 Å². The van der Waals surface area contributed by atoms with Crippen molar-refractivity contribution in [1.82, 2.24) is 14.9 Å². The van der Waals surface area contributed by atoms with E-state index in [1.54, 1.807) is 32.2 Å². The lowest BCUT2D eigenvalue weighted by molar-refractivity contribution is 0.194. The minimum Gasteiger partial charge on any atom is -0.496 e. The van der Waals surface area contributed by atoms with Crippen molar-refractivity contribution in [1.29, 1.82) is 0 Å². The fourth-order valence-electron chi connectivity index (χ4n) is 4.40. The molecular weight excluding hydrogens is 496 g/mol. The van der Waals surface area contributed by atoms with E-state index < -0.39 is 17.3 Å². The molecule has 37 heavy (non-hydrogen) atoms. The summed E-state index contributed by atoms with van der Waals surface area (Å²) >= 11 is 5.79. The normalized spacial score (nSPS) is 12.5. The highest BCUT2D eigenvalue weighted by atomic mass is 35.5. The number of aromatic nitrogens is 2. The fraction of sp³-hybridized carbons (Fsp3) is 0.276. The highest BCUT2D eigenvalue weighted by Gasteiger charge is 2.30. The number of nitrogens with one attached hydrogen (secondary N) is 1. The first-order chi connectivity index (χ1) is 17.6. The number of benzene rings is 3. The van der Waals surface area contributed by atoms with E-state index in [1.807, 2.05) is 29.0 Å². The summed E-state index contributed by atoms with van der Waals surface area (Å²) in [5, 5.41) is 13.5. The number of aliphatic hydroxyl groups excluding tert-OH is 1. The third-order valence-corrected chi connectivity index (χ3v) is 6.87. The minimum atomic E-state index is -0.663. The molecule has 0 radical (unpaired) electrons. The summed E-state index contributed by atoms with van der Waals surface area (Å²) in [6.07, 6.45) is 1.15. The van der Waals surface area contributed by atoms with E-state index in [1.165, 1.54) is 24.3 Å². The number of imidazole rings is 1. The van der Waals surface area contributed by atoms with Gasteiger partial charge in [-0.05, 0) is 60.5 Å². The lowest BCUT2D eigenvalue weighted by atomic mass is 9.80. The van der Waals surface area contributed by atoms with E-state index in [0.717, 1.165) is 28.3 Å². The monoisotopic (exact) mass is 525 g/mol. The van der Waals surface area contributed by atoms with Crippen molar-refractivity contribution in [3.8, 4) is 11.4 Å². The van der Waals surface area contributed by atoms with Gasteiger partial charge in [0, 0.05) is 29.4 Å². The zero-order valence-corrected chi connectivity index (χ0v) is 22.0. The van der Waals surface area contributed by atoms with Crippen molar-refractivity contribution < 1.29 is 18.6 Å². The topological polar surface area (TPSA) is 59.3 Å². The maximum Gasteiger partial charge on any atom is 0.142 e. The van der Waals surface area contributed by atoms with Gasteiger partial charge in [0.05, 0.1) is 30.5 Å². The van der Waals surface area contributed by atoms with Gasteiger partial charge in [0.15, 0.2) is 0 Å². The predicted octanol–water partition coefficient (Wildman–Crippen LogP) is 6.48. The van der Waals surface area contributed by atoms with Gasteiger partial charge in [0.25, 0.3) is 0 Å². The Bertz CT molecular complexity index is 1380. The van der Waals surface area contributed by atoms with Crippen LogP contribution in [0.4, 0.5) is 8.78 Å². The third kappa shape index (κ3) is 5.69. The van der Waals surface area contributed by atoms with E-state index in [9.17, 15) is 13.9 Å². The Morgan fingerprint density at radius 2 is 1.78 bits per heavy atom. The van der Waals surface area contributed by atoms with Crippen molar-refractivity contribution in [3.63, 3.8) is 0 Å². The molecule has 0 amide bonds. The summed E-state index contributed by atoms with van der Waals surface area (Å²) in [5.41, 5.74) is 3.56. The molecule has 1 unspecified atom stereocenters. The van der Waals surface area contributed by atoms with Crippen LogP contribution in [0.1, 0.15) is 55.1 Å². The third-order valence-electron chi connectivity index (χ3n) is 6.56. The number of nitrogens with zero attached hydrogens (tertiary/aromatic N) is 2. The molecule has 0 saturated heterocycles. The van der Waals surface area contributed by atoms with Gasteiger partial charge in [-0.15, -0.1) is 0 Å². The fourth-order valence-corrected chi connectivity index (χ4v) is 4.51. The second kappa shape index (κ2) is 11.0. The average Bonchev–Trinajstić information content (AvgIpc) is 3.31. The molecule has 4 aromatic rings. The Balaban J connectivity index is 1.70. The van der Waals surface area contributed by atoms with Crippen LogP contribution in [0.25, 0.3) is 5.69 Å². The molecule has 1 heterocycles. The lowest BCUT2D eigenvalue weighted by Crippen LogP contribution is -2.25. The molecule has 8 heteroatoms. The van der Waals surface area contributed by atoms with Gasteiger partial charge in [-0.3, -0.25) is 4.57 Å². The van der Waals surface area contributed by atoms with Crippen LogP contribution < -0.4 is 10.1 Å². The molecule has 0 bridgehead atoms. The van der Waals surface area contributed by atoms with Gasteiger partial charge in [-0.25, -0.2) is 13.8 Å². The summed E-state index contributed by atoms with van der Waals surface area (Å²) in [7, 11) is 1.58. The van der Waals surface area contributed by atoms with Crippen LogP contribution >= 0.6 is 11.6 Å². The highest BCUT2D eigenvalue weighted by Crippen LogP contribution is 2.37. The molecule has 0 aliphatic rings. The average molecular weight is 526 g/mol. The van der Waals surface area contributed by atoms with E-state index in [4.69, 9.17) is 21.3 Å². The van der Waals surface area contributed by atoms with Gasteiger partial charge >= 0.3 is 0 Å². The zero-order chi connectivity index (χ0) is 26.7. The number of ether oxygens (including phenoxy) is 1. The Hall–Kier alpha value is -3.26. The van der Waals surface area contributed by atoms with Crippen LogP contribution in [0, 0.1) is 11.6 Å². The van der Waals surface area contributed by atoms with E-state index >= 15 is 0 Å². The Morgan fingerprint density at radius 3 is 2.43 bits per heavy atom. The summed E-state index contributed by atoms with van der Waals surface area (Å²) < 4.78 is 35.1. The largest absolute Gasteiger partial charge is 0.496 e. The predicted molar refractivity (Wildman–Crippen MR) is 141 cm³/mol. The molecule has 0 aliphatic heterocycles. The molecule has 2 N–H and O–H groups in total. The molecule has 0 spiro atoms. The second-order valence-corrected chi connectivity index (χ2v) is 9.89. The van der Waals surface area contributed by atoms with Gasteiger partial charge in [-0.2, -0.15) is 0 Å². The van der Waals surface area contributed by atoms with E-state index in [0.29, 0.717) is 24.4 Å². The first-order valence-corrected chi connectivity index (χ1v) is 12.3. The molecule has 4 rings (SSSR count). The van der Waals surface area contributed by atoms with Crippen molar-refractivity contribution in [2.24, 2.45) is 0 Å². The molecule has 0 aliphatic carbocycles. The Labute approximate surface area is 220 Å². The van der Waals surface area contributed by atoms with Crippen LogP contribution in [-0.4, -0.2) is 21.8 Å². The summed E-state index contributed by atoms with van der Waals surface area (Å²) in [6.45, 7) is 6.66. The summed E-state index contributed by atoms with van der Waals surface area (Å²) in [5.74, 6) is 0.532. The summed E-state index contributed by atoms with van der Waals surface area (Å²) in [4.78, 5) is 4.70. The molecule has 194 valence electrons. The first-order valence-electron chi connectivity index (χ1n) is 12.0. The van der Waals surface area contributed by atoms with Crippen LogP contribution in [-0.2, 0) is 18.5 Å². The van der Waals surface area contributed by atoms with Crippen LogP contribution in [0.5, 0.6) is 5.75 Å². The van der Waals surface area contributed by atoms with Gasteiger partial charge < -0.3 is 15.2 Å². The molecule has 5 nitrogen and oxygen atoms in total. The van der Waals surface area contributed by atoms with Crippen molar-refractivity contribution in [2.45, 2.75) is 45.4 Å². The molecular formula is C29H30ClF2N3O2. The number of halogens is 3. The minimum absolute atomic E-state index is 0.0839. The number of hydrogen-bond acceptors (Lipinski definition) is 4. The number of hydrogen-bond donors (Lipinski definition) is 2. The van der Waals surface area contributed by atoms with Gasteiger partial charge in [0.1, 0.15) is 23.2 Å². The number of aliphatic hydroxyl groups is 1. The molecule has 0 saturated carbocycles. The lowest BCUT2D eigenvalue weighted by Gasteiger charge is -2.28. The van der Waals surface area contributed by atoms with Gasteiger partial charge in [-0.1, -0.05) is 43.6 Å². The van der Waals surface area contributed by atoms with E-state index in [2.05, 4.69) is 19.2 Å². The molecule has 0 fully saturated rings. The second-order valence-electron chi connectivity index (χ2n) is 9.48. The van der Waals surface area contributed by atoms with Crippen molar-refractivity contribution in [3.05, 3.63) is 112 Å². The van der Waals surface area contributed by atoms with E-state index in [-0.39, 0.29) is 10.8 Å².